The molecule has 0 aliphatic carbocycles. The number of halogens is 1. The van der Waals surface area contributed by atoms with Crippen LogP contribution in [0.25, 0.3) is 11.1 Å². The van der Waals surface area contributed by atoms with E-state index >= 15 is 0 Å². The highest BCUT2D eigenvalue weighted by Crippen LogP contribution is 2.24. The first-order valence-electron chi connectivity index (χ1n) is 10.2. The molecule has 1 fully saturated rings. The van der Waals surface area contributed by atoms with Crippen molar-refractivity contribution in [3.8, 4) is 11.1 Å². The Morgan fingerprint density at radius 1 is 1.13 bits per heavy atom. The maximum atomic E-state index is 13.4. The molecule has 1 aromatic heterocycles. The number of anilines is 1. The number of benzene rings is 2. The van der Waals surface area contributed by atoms with Crippen LogP contribution in [0.1, 0.15) is 19.3 Å². The predicted octanol–water partition coefficient (Wildman–Crippen LogP) is 2.75. The summed E-state index contributed by atoms with van der Waals surface area (Å²) >= 11 is 0. The Morgan fingerprint density at radius 2 is 1.97 bits per heavy atom. The summed E-state index contributed by atoms with van der Waals surface area (Å²) in [5.74, 6) is -0.651. The lowest BCUT2D eigenvalue weighted by atomic mass is 9.96. The van der Waals surface area contributed by atoms with Gasteiger partial charge in [0, 0.05) is 25.2 Å². The first-order valence-corrected chi connectivity index (χ1v) is 10.2. The summed E-state index contributed by atoms with van der Waals surface area (Å²) in [6, 6.07) is 13.7. The summed E-state index contributed by atoms with van der Waals surface area (Å²) in [7, 11) is 0. The lowest BCUT2D eigenvalue weighted by Gasteiger charge is -2.32. The van der Waals surface area contributed by atoms with Crippen LogP contribution in [-0.4, -0.2) is 50.0 Å². The van der Waals surface area contributed by atoms with Gasteiger partial charge < -0.3 is 10.2 Å². The van der Waals surface area contributed by atoms with Crippen molar-refractivity contribution in [3.63, 3.8) is 0 Å². The molecule has 0 spiro atoms. The van der Waals surface area contributed by atoms with Crippen molar-refractivity contribution in [2.45, 2.75) is 25.8 Å². The molecule has 1 saturated heterocycles. The average Bonchev–Trinajstić information content (AvgIpc) is 3.32. The molecule has 2 amide bonds. The molecular weight excluding hydrogens is 399 g/mol. The monoisotopic (exact) mass is 422 g/mol. The van der Waals surface area contributed by atoms with Gasteiger partial charge in [0.2, 0.25) is 11.8 Å². The van der Waals surface area contributed by atoms with Gasteiger partial charge in [-0.3, -0.25) is 9.59 Å². The Labute approximate surface area is 179 Å². The highest BCUT2D eigenvalue weighted by Gasteiger charge is 2.28. The summed E-state index contributed by atoms with van der Waals surface area (Å²) in [4.78, 5) is 27.0. The molecule has 1 aliphatic heterocycles. The average molecular weight is 422 g/mol. The van der Waals surface area contributed by atoms with Crippen molar-refractivity contribution < 1.29 is 14.0 Å². The smallest absolute Gasteiger partial charge is 0.229 e. The number of aromatic nitrogens is 4. The SMILES string of the molecule is O=C(Nc1ccc(-c2cccc(F)c2)cc1)[C@@H]1CCCN(C(=O)CCn2cnnn2)C1. The van der Waals surface area contributed by atoms with Gasteiger partial charge >= 0.3 is 0 Å². The van der Waals surface area contributed by atoms with E-state index in [-0.39, 0.29) is 23.5 Å². The minimum atomic E-state index is -0.288. The number of hydrogen-bond acceptors (Lipinski definition) is 5. The van der Waals surface area contributed by atoms with Crippen molar-refractivity contribution in [3.05, 3.63) is 60.7 Å². The first kappa shape index (κ1) is 20.6. The van der Waals surface area contributed by atoms with Crippen LogP contribution in [0, 0.1) is 11.7 Å². The molecule has 0 radical (unpaired) electrons. The Morgan fingerprint density at radius 3 is 2.71 bits per heavy atom. The van der Waals surface area contributed by atoms with E-state index in [1.165, 1.54) is 23.1 Å². The van der Waals surface area contributed by atoms with Crippen LogP contribution in [-0.2, 0) is 16.1 Å². The normalized spacial score (nSPS) is 16.2. The van der Waals surface area contributed by atoms with Crippen LogP contribution in [0.5, 0.6) is 0 Å². The van der Waals surface area contributed by atoms with Crippen molar-refractivity contribution in [1.82, 2.24) is 25.1 Å². The van der Waals surface area contributed by atoms with Crippen LogP contribution in [0.15, 0.2) is 54.9 Å². The molecule has 2 aromatic carbocycles. The number of nitrogens with zero attached hydrogens (tertiary/aromatic N) is 5. The zero-order chi connectivity index (χ0) is 21.6. The number of tetrazole rings is 1. The molecule has 2 heterocycles. The summed E-state index contributed by atoms with van der Waals surface area (Å²) < 4.78 is 14.9. The maximum Gasteiger partial charge on any atom is 0.229 e. The molecule has 1 N–H and O–H groups in total. The zero-order valence-electron chi connectivity index (χ0n) is 16.9. The number of aryl methyl sites for hydroxylation is 1. The number of nitrogens with one attached hydrogen (secondary N) is 1. The van der Waals surface area contributed by atoms with E-state index in [0.717, 1.165) is 24.0 Å². The third kappa shape index (κ3) is 5.30. The second-order valence-electron chi connectivity index (χ2n) is 7.58. The van der Waals surface area contributed by atoms with Gasteiger partial charge in [-0.2, -0.15) is 0 Å². The molecule has 3 aromatic rings. The van der Waals surface area contributed by atoms with Gasteiger partial charge in [-0.25, -0.2) is 9.07 Å². The van der Waals surface area contributed by atoms with Gasteiger partial charge in [0.05, 0.1) is 12.5 Å². The maximum absolute atomic E-state index is 13.4. The van der Waals surface area contributed by atoms with Crippen LogP contribution in [0.4, 0.5) is 10.1 Å². The van der Waals surface area contributed by atoms with Gasteiger partial charge in [0.15, 0.2) is 0 Å². The minimum absolute atomic E-state index is 0.00699. The minimum Gasteiger partial charge on any atom is -0.342 e. The topological polar surface area (TPSA) is 93.0 Å². The second-order valence-corrected chi connectivity index (χ2v) is 7.58. The molecule has 160 valence electrons. The second kappa shape index (κ2) is 9.46. The molecule has 9 heteroatoms. The number of rotatable bonds is 6. The van der Waals surface area contributed by atoms with E-state index in [1.54, 1.807) is 23.1 Å². The fourth-order valence-corrected chi connectivity index (χ4v) is 3.73. The zero-order valence-corrected chi connectivity index (χ0v) is 16.9. The third-order valence-electron chi connectivity index (χ3n) is 5.40. The van der Waals surface area contributed by atoms with E-state index in [9.17, 15) is 14.0 Å². The van der Waals surface area contributed by atoms with Crippen LogP contribution in [0.2, 0.25) is 0 Å². The Balaban J connectivity index is 1.32. The van der Waals surface area contributed by atoms with Crippen molar-refractivity contribution in [2.24, 2.45) is 5.92 Å². The number of likely N-dealkylation sites (tertiary alicyclic amines) is 1. The first-order chi connectivity index (χ1) is 15.1. The number of hydrogen-bond donors (Lipinski definition) is 1. The Bertz CT molecular complexity index is 1040. The summed E-state index contributed by atoms with van der Waals surface area (Å²) in [6.07, 6.45) is 3.29. The van der Waals surface area contributed by atoms with Gasteiger partial charge in [-0.1, -0.05) is 24.3 Å². The van der Waals surface area contributed by atoms with Crippen LogP contribution >= 0.6 is 0 Å². The highest BCUT2D eigenvalue weighted by atomic mass is 19.1. The number of carbonyl (C=O) groups excluding carboxylic acids is 2. The van der Waals surface area contributed by atoms with E-state index < -0.39 is 0 Å². The lowest BCUT2D eigenvalue weighted by Crippen LogP contribution is -2.44. The predicted molar refractivity (Wildman–Crippen MR) is 112 cm³/mol. The number of carbonyl (C=O) groups is 2. The molecule has 4 rings (SSSR count). The molecule has 1 aliphatic rings. The number of amides is 2. The Hall–Kier alpha value is -3.62. The molecular formula is C22H23FN6O2. The summed E-state index contributed by atoms with van der Waals surface area (Å²) in [5, 5.41) is 13.8. The highest BCUT2D eigenvalue weighted by molar-refractivity contribution is 5.93. The molecule has 1 atom stereocenters. The Kier molecular flexibility index (Phi) is 6.30. The van der Waals surface area contributed by atoms with Crippen LogP contribution < -0.4 is 5.32 Å². The molecule has 31 heavy (non-hydrogen) atoms. The van der Waals surface area contributed by atoms with Crippen molar-refractivity contribution >= 4 is 17.5 Å². The van der Waals surface area contributed by atoms with Crippen molar-refractivity contribution in [1.29, 1.82) is 0 Å². The number of piperidine rings is 1. The third-order valence-corrected chi connectivity index (χ3v) is 5.40. The van der Waals surface area contributed by atoms with E-state index in [4.69, 9.17) is 0 Å². The summed E-state index contributed by atoms with van der Waals surface area (Å²) in [6.45, 7) is 1.47. The quantitative estimate of drug-likeness (QED) is 0.659. The lowest BCUT2D eigenvalue weighted by molar-refractivity contribution is -0.134. The molecule has 8 nitrogen and oxygen atoms in total. The standard InChI is InChI=1S/C22H23FN6O2/c23-19-5-1-3-17(13-19)16-6-8-20(9-7-16)25-22(31)18-4-2-11-28(14-18)21(30)10-12-29-15-24-26-27-29/h1,3,5-9,13,15,18H,2,4,10-12,14H2,(H,25,31)/t18-/m1/s1. The van der Waals surface area contributed by atoms with Gasteiger partial charge in [0.1, 0.15) is 12.1 Å². The van der Waals surface area contributed by atoms with E-state index in [1.807, 2.05) is 18.2 Å². The fourth-order valence-electron chi connectivity index (χ4n) is 3.73. The largest absolute Gasteiger partial charge is 0.342 e. The van der Waals surface area contributed by atoms with Crippen LogP contribution in [0.3, 0.4) is 0 Å². The van der Waals surface area contributed by atoms with Crippen molar-refractivity contribution in [2.75, 3.05) is 18.4 Å². The molecule has 0 unspecified atom stereocenters. The van der Waals surface area contributed by atoms with E-state index in [2.05, 4.69) is 20.8 Å². The molecule has 0 saturated carbocycles. The molecule has 0 bridgehead atoms. The van der Waals surface area contributed by atoms with Gasteiger partial charge in [-0.05, 0) is 58.7 Å². The van der Waals surface area contributed by atoms with Gasteiger partial charge in [0.25, 0.3) is 0 Å². The fraction of sp³-hybridized carbons (Fsp3) is 0.318. The van der Waals surface area contributed by atoms with Gasteiger partial charge in [-0.15, -0.1) is 5.10 Å². The summed E-state index contributed by atoms with van der Waals surface area (Å²) in [5.41, 5.74) is 2.32. The van der Waals surface area contributed by atoms with E-state index in [0.29, 0.717) is 31.7 Å².